The maximum Gasteiger partial charge on any atom is 0.416 e. The molecule has 6 nitrogen and oxygen atoms in total. The van der Waals surface area contributed by atoms with Crippen LogP contribution >= 0.6 is 0 Å². The topological polar surface area (TPSA) is 70.1 Å². The minimum Gasteiger partial charge on any atom is -0.324 e. The number of carbonyl (C=O) groups is 1. The zero-order valence-electron chi connectivity index (χ0n) is 15.4. The van der Waals surface area contributed by atoms with E-state index in [0.29, 0.717) is 25.9 Å². The van der Waals surface area contributed by atoms with Crippen molar-refractivity contribution in [3.63, 3.8) is 0 Å². The normalized spacial score (nSPS) is 15.6. The number of amides is 2. The molecule has 2 amide bonds. The van der Waals surface area contributed by atoms with Gasteiger partial charge in [0.15, 0.2) is 0 Å². The highest BCUT2D eigenvalue weighted by molar-refractivity contribution is 5.89. The summed E-state index contributed by atoms with van der Waals surface area (Å²) in [5.41, 5.74) is 0.692. The van der Waals surface area contributed by atoms with Crippen molar-refractivity contribution in [1.82, 2.24) is 14.5 Å². The Morgan fingerprint density at radius 1 is 1.07 bits per heavy atom. The summed E-state index contributed by atoms with van der Waals surface area (Å²) in [7, 11) is 0. The van der Waals surface area contributed by atoms with Crippen LogP contribution in [0.15, 0.2) is 53.3 Å². The number of aromatic amines is 1. The van der Waals surface area contributed by atoms with Crippen molar-refractivity contribution in [2.45, 2.75) is 25.1 Å². The lowest BCUT2D eigenvalue weighted by molar-refractivity contribution is -0.137. The Kier molecular flexibility index (Phi) is 4.81. The molecule has 2 heterocycles. The highest BCUT2D eigenvalue weighted by Crippen LogP contribution is 2.31. The molecule has 3 aromatic rings. The number of hydrogen-bond acceptors (Lipinski definition) is 2. The number of imidazole rings is 1. The molecule has 9 heteroatoms. The maximum atomic E-state index is 12.8. The smallest absolute Gasteiger partial charge is 0.324 e. The molecule has 0 aliphatic carbocycles. The van der Waals surface area contributed by atoms with Gasteiger partial charge in [-0.3, -0.25) is 4.57 Å². The van der Waals surface area contributed by atoms with Crippen LogP contribution in [0.5, 0.6) is 0 Å². The summed E-state index contributed by atoms with van der Waals surface area (Å²) in [6.45, 7) is 0.808. The first-order valence-electron chi connectivity index (χ1n) is 9.25. The third kappa shape index (κ3) is 3.85. The molecule has 2 N–H and O–H groups in total. The average Bonchev–Trinajstić information content (AvgIpc) is 3.03. The van der Waals surface area contributed by atoms with E-state index in [1.54, 1.807) is 9.47 Å². The Labute approximate surface area is 163 Å². The lowest BCUT2D eigenvalue weighted by atomic mass is 10.0. The number of piperidine rings is 1. The van der Waals surface area contributed by atoms with Crippen LogP contribution in [0, 0.1) is 0 Å². The minimum atomic E-state index is -4.47. The lowest BCUT2D eigenvalue weighted by Crippen LogP contribution is -2.42. The second-order valence-electron chi connectivity index (χ2n) is 7.04. The summed E-state index contributed by atoms with van der Waals surface area (Å²) in [4.78, 5) is 29.2. The molecular formula is C20H19F3N4O2. The number of aromatic nitrogens is 2. The highest BCUT2D eigenvalue weighted by atomic mass is 19.4. The standard InChI is InChI=1S/C20H19F3N4O2/c21-20(22,23)13-4-3-5-14(12-13)24-18(28)26-10-8-15(9-11-26)27-17-7-2-1-6-16(17)25-19(27)29/h1-7,12,15H,8-11H2,(H,24,28)(H,25,29). The fraction of sp³-hybridized carbons (Fsp3) is 0.300. The van der Waals surface area contributed by atoms with Crippen molar-refractivity contribution in [3.05, 3.63) is 64.6 Å². The predicted molar refractivity (Wildman–Crippen MR) is 103 cm³/mol. The number of alkyl halides is 3. The number of halogens is 3. The van der Waals surface area contributed by atoms with E-state index in [0.717, 1.165) is 23.2 Å². The van der Waals surface area contributed by atoms with Crippen LogP contribution in [0.3, 0.4) is 0 Å². The van der Waals surface area contributed by atoms with Crippen LogP contribution in [-0.4, -0.2) is 33.6 Å². The van der Waals surface area contributed by atoms with Crippen LogP contribution in [0.4, 0.5) is 23.7 Å². The fourth-order valence-electron chi connectivity index (χ4n) is 3.74. The van der Waals surface area contributed by atoms with Crippen molar-refractivity contribution < 1.29 is 18.0 Å². The molecule has 1 aliphatic rings. The minimum absolute atomic E-state index is 0.0451. The molecule has 0 bridgehead atoms. The number of anilines is 1. The van der Waals surface area contributed by atoms with Gasteiger partial charge in [-0.1, -0.05) is 18.2 Å². The highest BCUT2D eigenvalue weighted by Gasteiger charge is 2.31. The summed E-state index contributed by atoms with van der Waals surface area (Å²) in [6.07, 6.45) is -3.30. The number of nitrogens with zero attached hydrogens (tertiary/aromatic N) is 2. The zero-order valence-corrected chi connectivity index (χ0v) is 15.4. The first kappa shape index (κ1) is 19.1. The fourth-order valence-corrected chi connectivity index (χ4v) is 3.74. The van der Waals surface area contributed by atoms with Crippen LogP contribution < -0.4 is 11.0 Å². The Balaban J connectivity index is 1.43. The number of carbonyl (C=O) groups excluding carboxylic acids is 1. The number of hydrogen-bond donors (Lipinski definition) is 2. The van der Waals surface area contributed by atoms with E-state index in [1.807, 2.05) is 24.3 Å². The summed E-state index contributed by atoms with van der Waals surface area (Å²) >= 11 is 0. The first-order valence-corrected chi connectivity index (χ1v) is 9.25. The first-order chi connectivity index (χ1) is 13.8. The van der Waals surface area contributed by atoms with E-state index in [1.165, 1.54) is 12.1 Å². The van der Waals surface area contributed by atoms with E-state index in [4.69, 9.17) is 0 Å². The Hall–Kier alpha value is -3.23. The van der Waals surface area contributed by atoms with Crippen LogP contribution in [-0.2, 0) is 6.18 Å². The van der Waals surface area contributed by atoms with Gasteiger partial charge in [-0.15, -0.1) is 0 Å². The third-order valence-electron chi connectivity index (χ3n) is 5.18. The van der Waals surface area contributed by atoms with Crippen LogP contribution in [0.2, 0.25) is 0 Å². The number of rotatable bonds is 2. The van der Waals surface area contributed by atoms with E-state index in [2.05, 4.69) is 10.3 Å². The molecule has 2 aromatic carbocycles. The molecule has 0 saturated carbocycles. The van der Waals surface area contributed by atoms with Crippen molar-refractivity contribution >= 4 is 22.8 Å². The number of likely N-dealkylation sites (tertiary alicyclic amines) is 1. The largest absolute Gasteiger partial charge is 0.416 e. The van der Waals surface area contributed by atoms with Gasteiger partial charge in [0.05, 0.1) is 16.6 Å². The van der Waals surface area contributed by atoms with E-state index < -0.39 is 17.8 Å². The SMILES string of the molecule is O=C(Nc1cccc(C(F)(F)F)c1)N1CCC(n2c(=O)[nH]c3ccccc32)CC1. The molecule has 0 atom stereocenters. The van der Waals surface area contributed by atoms with Gasteiger partial charge in [0.1, 0.15) is 0 Å². The predicted octanol–water partition coefficient (Wildman–Crippen LogP) is 4.22. The van der Waals surface area contributed by atoms with Gasteiger partial charge in [0.2, 0.25) is 0 Å². The molecule has 0 unspecified atom stereocenters. The van der Waals surface area contributed by atoms with Gasteiger partial charge in [0.25, 0.3) is 0 Å². The molecule has 1 aliphatic heterocycles. The maximum absolute atomic E-state index is 12.8. The van der Waals surface area contributed by atoms with Crippen molar-refractivity contribution in [3.8, 4) is 0 Å². The molecule has 0 radical (unpaired) electrons. The number of para-hydroxylation sites is 2. The molecule has 0 spiro atoms. The van der Waals surface area contributed by atoms with Gasteiger partial charge in [-0.25, -0.2) is 9.59 Å². The average molecular weight is 404 g/mol. The third-order valence-corrected chi connectivity index (χ3v) is 5.18. The summed E-state index contributed by atoms with van der Waals surface area (Å²) in [6, 6.07) is 11.5. The van der Waals surface area contributed by atoms with Gasteiger partial charge >= 0.3 is 17.9 Å². The molecule has 1 saturated heterocycles. The summed E-state index contributed by atoms with van der Waals surface area (Å²) in [5, 5.41) is 2.53. The molecule has 1 aromatic heterocycles. The number of urea groups is 1. The second kappa shape index (κ2) is 7.31. The summed E-state index contributed by atoms with van der Waals surface area (Å²) in [5.74, 6) is 0. The summed E-state index contributed by atoms with van der Waals surface area (Å²) < 4.78 is 40.2. The van der Waals surface area contributed by atoms with Gasteiger partial charge in [-0.05, 0) is 43.2 Å². The molecular weight excluding hydrogens is 385 g/mol. The number of fused-ring (bicyclic) bond motifs is 1. The van der Waals surface area contributed by atoms with Gasteiger partial charge < -0.3 is 15.2 Å². The van der Waals surface area contributed by atoms with Crippen LogP contribution in [0.25, 0.3) is 11.0 Å². The lowest BCUT2D eigenvalue weighted by Gasteiger charge is -2.32. The van der Waals surface area contributed by atoms with Gasteiger partial charge in [-0.2, -0.15) is 13.2 Å². The van der Waals surface area contributed by atoms with Crippen LogP contribution in [0.1, 0.15) is 24.4 Å². The molecule has 1 fully saturated rings. The Morgan fingerprint density at radius 2 is 1.79 bits per heavy atom. The van der Waals surface area contributed by atoms with E-state index >= 15 is 0 Å². The van der Waals surface area contributed by atoms with E-state index in [9.17, 15) is 22.8 Å². The molecule has 29 heavy (non-hydrogen) atoms. The van der Waals surface area contributed by atoms with Crippen molar-refractivity contribution in [2.24, 2.45) is 0 Å². The van der Waals surface area contributed by atoms with Gasteiger partial charge in [0, 0.05) is 24.8 Å². The van der Waals surface area contributed by atoms with E-state index in [-0.39, 0.29) is 17.4 Å². The number of benzene rings is 2. The molecule has 4 rings (SSSR count). The quantitative estimate of drug-likeness (QED) is 0.672. The Morgan fingerprint density at radius 3 is 2.52 bits per heavy atom. The monoisotopic (exact) mass is 404 g/mol. The second-order valence-corrected chi connectivity index (χ2v) is 7.04. The number of nitrogens with one attached hydrogen (secondary N) is 2. The Bertz CT molecular complexity index is 1090. The number of H-pyrrole nitrogens is 1. The van der Waals surface area contributed by atoms with Crippen molar-refractivity contribution in [1.29, 1.82) is 0 Å². The molecule has 152 valence electrons. The van der Waals surface area contributed by atoms with Crippen molar-refractivity contribution in [2.75, 3.05) is 18.4 Å². The zero-order chi connectivity index (χ0) is 20.6.